The minimum atomic E-state index is -0.599. The SMILES string of the molecule is O=C(Cn1cnc2ccc(F)cc2c1=O)NCCN1C(=O)S/C(=C\c2ccc([N+](=O)[O-])cc2)C1=O. The number of rotatable bonds is 7. The fraction of sp³-hybridized carbons (Fsp3) is 0.136. The van der Waals surface area contributed by atoms with E-state index in [-0.39, 0.29) is 35.6 Å². The zero-order chi connectivity index (χ0) is 25.1. The Kier molecular flexibility index (Phi) is 6.68. The number of nitrogens with zero attached hydrogens (tertiary/aromatic N) is 4. The second-order valence-electron chi connectivity index (χ2n) is 7.37. The standard InChI is InChI=1S/C22H16FN5O6S/c23-14-3-6-17-16(10-14)20(30)26(12-25-17)11-19(29)24-7-8-27-21(31)18(35-22(27)32)9-13-1-4-15(5-2-13)28(33)34/h1-6,9-10,12H,7-8,11H2,(H,24,29)/b18-9-. The number of carbonyl (C=O) groups is 3. The largest absolute Gasteiger partial charge is 0.353 e. The van der Waals surface area contributed by atoms with Gasteiger partial charge in [0.1, 0.15) is 12.4 Å². The molecule has 35 heavy (non-hydrogen) atoms. The average Bonchev–Trinajstić information content (AvgIpc) is 3.09. The Bertz CT molecular complexity index is 1450. The number of benzene rings is 2. The highest BCUT2D eigenvalue weighted by molar-refractivity contribution is 8.18. The number of thioether (sulfide) groups is 1. The number of imide groups is 1. The van der Waals surface area contributed by atoms with Crippen LogP contribution in [-0.2, 0) is 16.1 Å². The van der Waals surface area contributed by atoms with Crippen molar-refractivity contribution in [3.8, 4) is 0 Å². The molecule has 0 aliphatic carbocycles. The molecule has 0 atom stereocenters. The number of hydrogen-bond donors (Lipinski definition) is 1. The summed E-state index contributed by atoms with van der Waals surface area (Å²) in [5.74, 6) is -1.71. The van der Waals surface area contributed by atoms with Gasteiger partial charge in [-0.25, -0.2) is 9.37 Å². The average molecular weight is 497 g/mol. The lowest BCUT2D eigenvalue weighted by Gasteiger charge is -2.13. The van der Waals surface area contributed by atoms with Crippen molar-refractivity contribution in [1.82, 2.24) is 19.8 Å². The molecule has 3 aromatic rings. The van der Waals surface area contributed by atoms with Gasteiger partial charge in [0.15, 0.2) is 0 Å². The number of amides is 3. The van der Waals surface area contributed by atoms with Crippen LogP contribution >= 0.6 is 11.8 Å². The number of aromatic nitrogens is 2. The molecule has 0 radical (unpaired) electrons. The smallest absolute Gasteiger partial charge is 0.293 e. The number of nitro benzene ring substituents is 1. The lowest BCUT2D eigenvalue weighted by Crippen LogP contribution is -2.39. The summed E-state index contributed by atoms with van der Waals surface area (Å²) in [7, 11) is 0. The van der Waals surface area contributed by atoms with Gasteiger partial charge in [0.2, 0.25) is 5.91 Å². The molecule has 4 rings (SSSR count). The van der Waals surface area contributed by atoms with Gasteiger partial charge in [0.25, 0.3) is 22.4 Å². The van der Waals surface area contributed by atoms with Crippen LogP contribution in [0.4, 0.5) is 14.9 Å². The van der Waals surface area contributed by atoms with E-state index in [1.807, 2.05) is 0 Å². The quantitative estimate of drug-likeness (QED) is 0.297. The third-order valence-corrected chi connectivity index (χ3v) is 5.94. The first-order valence-electron chi connectivity index (χ1n) is 10.1. The van der Waals surface area contributed by atoms with Gasteiger partial charge in [-0.3, -0.25) is 38.8 Å². The first kappa shape index (κ1) is 23.8. The topological polar surface area (TPSA) is 145 Å². The van der Waals surface area contributed by atoms with E-state index >= 15 is 0 Å². The molecule has 0 bridgehead atoms. The van der Waals surface area contributed by atoms with Crippen LogP contribution in [0.2, 0.25) is 0 Å². The summed E-state index contributed by atoms with van der Waals surface area (Å²) in [5, 5.41) is 12.8. The third kappa shape index (κ3) is 5.24. The van der Waals surface area contributed by atoms with Gasteiger partial charge in [-0.15, -0.1) is 0 Å². The van der Waals surface area contributed by atoms with Crippen LogP contribution in [0.15, 0.2) is 58.5 Å². The van der Waals surface area contributed by atoms with Gasteiger partial charge in [0, 0.05) is 25.2 Å². The van der Waals surface area contributed by atoms with Crippen molar-refractivity contribution in [3.63, 3.8) is 0 Å². The highest BCUT2D eigenvalue weighted by atomic mass is 32.2. The predicted molar refractivity (Wildman–Crippen MR) is 125 cm³/mol. The fourth-order valence-electron chi connectivity index (χ4n) is 3.30. The number of non-ortho nitro benzene ring substituents is 1. The Balaban J connectivity index is 1.34. The number of fused-ring (bicyclic) bond motifs is 1. The molecule has 1 aliphatic rings. The van der Waals surface area contributed by atoms with Gasteiger partial charge in [-0.1, -0.05) is 0 Å². The van der Waals surface area contributed by atoms with Crippen LogP contribution in [0.3, 0.4) is 0 Å². The highest BCUT2D eigenvalue weighted by Gasteiger charge is 2.34. The van der Waals surface area contributed by atoms with Gasteiger partial charge in [-0.2, -0.15) is 0 Å². The minimum Gasteiger partial charge on any atom is -0.353 e. The van der Waals surface area contributed by atoms with E-state index in [4.69, 9.17) is 0 Å². The maximum Gasteiger partial charge on any atom is 0.293 e. The Morgan fingerprint density at radius 3 is 2.63 bits per heavy atom. The molecule has 0 unspecified atom stereocenters. The second-order valence-corrected chi connectivity index (χ2v) is 8.36. The number of hydrogen-bond acceptors (Lipinski definition) is 8. The Morgan fingerprint density at radius 1 is 1.17 bits per heavy atom. The fourth-order valence-corrected chi connectivity index (χ4v) is 4.16. The van der Waals surface area contributed by atoms with Crippen molar-refractivity contribution in [3.05, 3.63) is 85.5 Å². The van der Waals surface area contributed by atoms with Gasteiger partial charge >= 0.3 is 0 Å². The first-order valence-corrected chi connectivity index (χ1v) is 11.0. The predicted octanol–water partition coefficient (Wildman–Crippen LogP) is 2.30. The monoisotopic (exact) mass is 497 g/mol. The maximum atomic E-state index is 13.4. The molecule has 2 heterocycles. The molecule has 0 spiro atoms. The van der Waals surface area contributed by atoms with Crippen LogP contribution in [0, 0.1) is 15.9 Å². The molecule has 0 saturated carbocycles. The number of nitrogens with one attached hydrogen (secondary N) is 1. The summed E-state index contributed by atoms with van der Waals surface area (Å²) in [4.78, 5) is 64.9. The Labute approximate surface area is 200 Å². The zero-order valence-corrected chi connectivity index (χ0v) is 18.7. The summed E-state index contributed by atoms with van der Waals surface area (Å²) in [6.45, 7) is -0.517. The Morgan fingerprint density at radius 2 is 1.91 bits per heavy atom. The summed E-state index contributed by atoms with van der Waals surface area (Å²) in [6, 6.07) is 9.09. The van der Waals surface area contributed by atoms with Gasteiger partial charge < -0.3 is 5.32 Å². The maximum absolute atomic E-state index is 13.4. The molecule has 1 fully saturated rings. The van der Waals surface area contributed by atoms with E-state index in [0.717, 1.165) is 27.3 Å². The van der Waals surface area contributed by atoms with Gasteiger partial charge in [0.05, 0.1) is 27.1 Å². The van der Waals surface area contributed by atoms with Crippen molar-refractivity contribution in [2.24, 2.45) is 0 Å². The second kappa shape index (κ2) is 9.85. The Hall–Kier alpha value is -4.39. The summed E-state index contributed by atoms with van der Waals surface area (Å²) < 4.78 is 14.5. The molecule has 3 amide bonds. The molecule has 1 aromatic heterocycles. The van der Waals surface area contributed by atoms with Crippen LogP contribution in [-0.4, -0.2) is 49.5 Å². The number of carbonyl (C=O) groups excluding carboxylic acids is 3. The van der Waals surface area contributed by atoms with Crippen LogP contribution in [0.5, 0.6) is 0 Å². The molecule has 1 aliphatic heterocycles. The van der Waals surface area contributed by atoms with E-state index in [2.05, 4.69) is 10.3 Å². The number of halogens is 1. The van der Waals surface area contributed by atoms with Crippen LogP contribution in [0.1, 0.15) is 5.56 Å². The van der Waals surface area contributed by atoms with E-state index in [9.17, 15) is 33.7 Å². The van der Waals surface area contributed by atoms with Crippen molar-refractivity contribution in [2.75, 3.05) is 13.1 Å². The van der Waals surface area contributed by atoms with Crippen molar-refractivity contribution >= 4 is 51.5 Å². The molecule has 1 N–H and O–H groups in total. The van der Waals surface area contributed by atoms with E-state index < -0.39 is 33.4 Å². The molecular weight excluding hydrogens is 481 g/mol. The minimum absolute atomic E-state index is 0.0397. The molecule has 11 nitrogen and oxygen atoms in total. The molecule has 1 saturated heterocycles. The van der Waals surface area contributed by atoms with Crippen LogP contribution < -0.4 is 10.9 Å². The normalized spacial score (nSPS) is 14.7. The summed E-state index contributed by atoms with van der Waals surface area (Å²) in [5.41, 5.74) is 0.143. The lowest BCUT2D eigenvalue weighted by molar-refractivity contribution is -0.384. The van der Waals surface area contributed by atoms with Gasteiger partial charge in [-0.05, 0) is 53.7 Å². The number of nitro groups is 1. The lowest BCUT2D eigenvalue weighted by atomic mass is 10.2. The van der Waals surface area contributed by atoms with E-state index in [1.165, 1.54) is 48.8 Å². The van der Waals surface area contributed by atoms with E-state index in [0.29, 0.717) is 11.1 Å². The highest BCUT2D eigenvalue weighted by Crippen LogP contribution is 2.32. The van der Waals surface area contributed by atoms with Crippen molar-refractivity contribution < 1.29 is 23.7 Å². The van der Waals surface area contributed by atoms with Crippen molar-refractivity contribution in [2.45, 2.75) is 6.54 Å². The zero-order valence-electron chi connectivity index (χ0n) is 17.8. The molecule has 13 heteroatoms. The third-order valence-electron chi connectivity index (χ3n) is 5.03. The summed E-state index contributed by atoms with van der Waals surface area (Å²) >= 11 is 0.720. The molecule has 2 aromatic carbocycles. The molecular formula is C22H16FN5O6S. The first-order chi connectivity index (χ1) is 16.7. The van der Waals surface area contributed by atoms with E-state index in [1.54, 1.807) is 0 Å². The molecule has 178 valence electrons. The van der Waals surface area contributed by atoms with Crippen molar-refractivity contribution in [1.29, 1.82) is 0 Å². The van der Waals surface area contributed by atoms with Crippen LogP contribution in [0.25, 0.3) is 17.0 Å². The summed E-state index contributed by atoms with van der Waals surface area (Å²) in [6.07, 6.45) is 2.64.